The maximum atomic E-state index is 13.8. The molecule has 0 saturated carbocycles. The predicted octanol–water partition coefficient (Wildman–Crippen LogP) is 3.74. The minimum atomic E-state index is -0.387. The normalized spacial score (nSPS) is 23.0. The first-order valence-electron chi connectivity index (χ1n) is 7.94. The van der Waals surface area contributed by atoms with Crippen molar-refractivity contribution < 1.29 is 8.78 Å². The van der Waals surface area contributed by atoms with Crippen LogP contribution < -0.4 is 5.32 Å². The molecule has 0 radical (unpaired) electrons. The Morgan fingerprint density at radius 2 is 2.10 bits per heavy atom. The van der Waals surface area contributed by atoms with E-state index in [4.69, 9.17) is 0 Å². The standard InChI is InChI=1S/C17H26F2N2/c1-4-21-9-5-6-14(11-21)12(2)20-13(3)16-10-15(18)7-8-17(16)19/h7-8,10,12-14,20H,4-6,9,11H2,1-3H3. The van der Waals surface area contributed by atoms with Crippen LogP contribution in [0.4, 0.5) is 8.78 Å². The third kappa shape index (κ3) is 4.24. The first-order valence-corrected chi connectivity index (χ1v) is 7.94. The second-order valence-electron chi connectivity index (χ2n) is 6.14. The van der Waals surface area contributed by atoms with Gasteiger partial charge in [-0.2, -0.15) is 0 Å². The molecule has 1 fully saturated rings. The summed E-state index contributed by atoms with van der Waals surface area (Å²) in [6.45, 7) is 9.58. The summed E-state index contributed by atoms with van der Waals surface area (Å²) in [6, 6.07) is 3.76. The Morgan fingerprint density at radius 1 is 1.33 bits per heavy atom. The van der Waals surface area contributed by atoms with Crippen LogP contribution in [0.2, 0.25) is 0 Å². The van der Waals surface area contributed by atoms with Crippen molar-refractivity contribution in [1.29, 1.82) is 0 Å². The first-order chi connectivity index (χ1) is 10.0. The van der Waals surface area contributed by atoms with Gasteiger partial charge in [-0.05, 0) is 63.9 Å². The molecule has 2 rings (SSSR count). The lowest BCUT2D eigenvalue weighted by molar-refractivity contribution is 0.153. The van der Waals surface area contributed by atoms with Crippen molar-refractivity contribution in [2.75, 3.05) is 19.6 Å². The Bertz CT molecular complexity index is 464. The van der Waals surface area contributed by atoms with Gasteiger partial charge in [-0.1, -0.05) is 6.92 Å². The van der Waals surface area contributed by atoms with Crippen LogP contribution in [0, 0.1) is 17.6 Å². The summed E-state index contributed by atoms with van der Waals surface area (Å²) in [5, 5.41) is 3.45. The minimum Gasteiger partial charge on any atom is -0.307 e. The monoisotopic (exact) mass is 296 g/mol. The van der Waals surface area contributed by atoms with Crippen molar-refractivity contribution in [3.63, 3.8) is 0 Å². The smallest absolute Gasteiger partial charge is 0.128 e. The number of halogens is 2. The maximum Gasteiger partial charge on any atom is 0.128 e. The molecule has 2 nitrogen and oxygen atoms in total. The Balaban J connectivity index is 1.98. The number of hydrogen-bond donors (Lipinski definition) is 1. The summed E-state index contributed by atoms with van der Waals surface area (Å²) in [4.78, 5) is 2.46. The fourth-order valence-electron chi connectivity index (χ4n) is 3.25. The molecule has 0 aromatic heterocycles. The van der Waals surface area contributed by atoms with Gasteiger partial charge in [0, 0.05) is 24.2 Å². The fourth-order valence-corrected chi connectivity index (χ4v) is 3.25. The molecule has 0 amide bonds. The molecular weight excluding hydrogens is 270 g/mol. The van der Waals surface area contributed by atoms with Gasteiger partial charge in [0.1, 0.15) is 11.6 Å². The third-order valence-corrected chi connectivity index (χ3v) is 4.63. The summed E-state index contributed by atoms with van der Waals surface area (Å²) in [5.74, 6) is -0.164. The van der Waals surface area contributed by atoms with Gasteiger partial charge in [-0.25, -0.2) is 8.78 Å². The number of likely N-dealkylation sites (tertiary alicyclic amines) is 1. The molecule has 1 aromatic carbocycles. The Labute approximate surface area is 126 Å². The lowest BCUT2D eigenvalue weighted by atomic mass is 9.90. The largest absolute Gasteiger partial charge is 0.307 e. The van der Waals surface area contributed by atoms with Gasteiger partial charge in [-0.3, -0.25) is 0 Å². The van der Waals surface area contributed by atoms with E-state index < -0.39 is 0 Å². The predicted molar refractivity (Wildman–Crippen MR) is 82.2 cm³/mol. The molecule has 21 heavy (non-hydrogen) atoms. The minimum absolute atomic E-state index is 0.187. The zero-order valence-electron chi connectivity index (χ0n) is 13.2. The average molecular weight is 296 g/mol. The van der Waals surface area contributed by atoms with Crippen LogP contribution in [-0.2, 0) is 0 Å². The Hall–Kier alpha value is -1.00. The third-order valence-electron chi connectivity index (χ3n) is 4.63. The van der Waals surface area contributed by atoms with Crippen molar-refractivity contribution in [2.24, 2.45) is 5.92 Å². The van der Waals surface area contributed by atoms with Gasteiger partial charge in [0.25, 0.3) is 0 Å². The molecule has 4 heteroatoms. The summed E-state index contributed by atoms with van der Waals surface area (Å²) < 4.78 is 27.1. The molecule has 1 aliphatic heterocycles. The number of nitrogens with zero attached hydrogens (tertiary/aromatic N) is 1. The van der Waals surface area contributed by atoms with E-state index in [0.717, 1.165) is 19.2 Å². The summed E-state index contributed by atoms with van der Waals surface area (Å²) in [7, 11) is 0. The first kappa shape index (κ1) is 16.4. The Morgan fingerprint density at radius 3 is 2.81 bits per heavy atom. The summed E-state index contributed by atoms with van der Waals surface area (Å²) in [5.41, 5.74) is 0.407. The number of piperidine rings is 1. The molecule has 0 spiro atoms. The molecule has 0 bridgehead atoms. The van der Waals surface area contributed by atoms with Crippen LogP contribution >= 0.6 is 0 Å². The van der Waals surface area contributed by atoms with Gasteiger partial charge in [0.2, 0.25) is 0 Å². The van der Waals surface area contributed by atoms with Gasteiger partial charge in [-0.15, -0.1) is 0 Å². The molecule has 118 valence electrons. The van der Waals surface area contributed by atoms with E-state index in [9.17, 15) is 8.78 Å². The van der Waals surface area contributed by atoms with Crippen LogP contribution in [0.1, 0.15) is 45.2 Å². The molecule has 1 saturated heterocycles. The van der Waals surface area contributed by atoms with Crippen molar-refractivity contribution in [3.05, 3.63) is 35.4 Å². The highest BCUT2D eigenvalue weighted by Gasteiger charge is 2.25. The van der Waals surface area contributed by atoms with Crippen LogP contribution in [0.25, 0.3) is 0 Å². The van der Waals surface area contributed by atoms with Crippen LogP contribution in [0.3, 0.4) is 0 Å². The van der Waals surface area contributed by atoms with Crippen LogP contribution in [0.15, 0.2) is 18.2 Å². The molecule has 3 atom stereocenters. The molecule has 1 aromatic rings. The molecule has 1 aliphatic rings. The summed E-state index contributed by atoms with van der Waals surface area (Å²) >= 11 is 0. The second-order valence-corrected chi connectivity index (χ2v) is 6.14. The van der Waals surface area contributed by atoms with Gasteiger partial charge in [0.15, 0.2) is 0 Å². The average Bonchev–Trinajstić information content (AvgIpc) is 2.49. The van der Waals surface area contributed by atoms with E-state index in [1.165, 1.54) is 31.5 Å². The lowest BCUT2D eigenvalue weighted by Crippen LogP contribution is -2.45. The second kappa shape index (κ2) is 7.32. The van der Waals surface area contributed by atoms with Gasteiger partial charge < -0.3 is 10.2 Å². The van der Waals surface area contributed by atoms with Crippen LogP contribution in [0.5, 0.6) is 0 Å². The van der Waals surface area contributed by atoms with E-state index in [-0.39, 0.29) is 23.7 Å². The van der Waals surface area contributed by atoms with Crippen molar-refractivity contribution in [2.45, 2.75) is 45.7 Å². The molecule has 1 heterocycles. The lowest BCUT2D eigenvalue weighted by Gasteiger charge is -2.36. The van der Waals surface area contributed by atoms with E-state index in [1.807, 2.05) is 6.92 Å². The van der Waals surface area contributed by atoms with E-state index in [0.29, 0.717) is 11.5 Å². The fraction of sp³-hybridized carbons (Fsp3) is 0.647. The number of benzene rings is 1. The van der Waals surface area contributed by atoms with E-state index >= 15 is 0 Å². The topological polar surface area (TPSA) is 15.3 Å². The van der Waals surface area contributed by atoms with Crippen molar-refractivity contribution in [3.8, 4) is 0 Å². The highest BCUT2D eigenvalue weighted by atomic mass is 19.1. The highest BCUT2D eigenvalue weighted by Crippen LogP contribution is 2.23. The molecule has 3 unspecified atom stereocenters. The van der Waals surface area contributed by atoms with Crippen molar-refractivity contribution in [1.82, 2.24) is 10.2 Å². The van der Waals surface area contributed by atoms with E-state index in [1.54, 1.807) is 0 Å². The van der Waals surface area contributed by atoms with Crippen LogP contribution in [-0.4, -0.2) is 30.6 Å². The number of nitrogens with one attached hydrogen (secondary N) is 1. The zero-order valence-corrected chi connectivity index (χ0v) is 13.2. The summed E-state index contributed by atoms with van der Waals surface area (Å²) in [6.07, 6.45) is 2.41. The molecule has 0 aliphatic carbocycles. The van der Waals surface area contributed by atoms with Gasteiger partial charge in [0.05, 0.1) is 0 Å². The van der Waals surface area contributed by atoms with E-state index in [2.05, 4.69) is 24.1 Å². The molecular formula is C17H26F2N2. The number of rotatable bonds is 5. The zero-order chi connectivity index (χ0) is 15.4. The quantitative estimate of drug-likeness (QED) is 0.890. The van der Waals surface area contributed by atoms with Crippen molar-refractivity contribution >= 4 is 0 Å². The Kier molecular flexibility index (Phi) is 5.71. The maximum absolute atomic E-state index is 13.8. The number of hydrogen-bond acceptors (Lipinski definition) is 2. The van der Waals surface area contributed by atoms with Gasteiger partial charge >= 0.3 is 0 Å². The SMILES string of the molecule is CCN1CCCC(C(C)NC(C)c2cc(F)ccc2F)C1. The molecule has 1 N–H and O–H groups in total. The highest BCUT2D eigenvalue weighted by molar-refractivity contribution is 5.22.